The van der Waals surface area contributed by atoms with Crippen LogP contribution in [-0.4, -0.2) is 32.2 Å². The molecule has 3 nitrogen and oxygen atoms in total. The van der Waals surface area contributed by atoms with E-state index >= 15 is 0 Å². The monoisotopic (exact) mass is 303 g/mol. The largest absolute Gasteiger partial charge is 0.573 e. The summed E-state index contributed by atoms with van der Waals surface area (Å²) in [7, 11) is 1.90. The van der Waals surface area contributed by atoms with Crippen molar-refractivity contribution >= 4 is 0 Å². The van der Waals surface area contributed by atoms with Gasteiger partial charge in [-0.05, 0) is 44.5 Å². The fraction of sp³-hybridized carbons (Fsp3) is 0.600. The van der Waals surface area contributed by atoms with Crippen molar-refractivity contribution in [2.45, 2.75) is 38.3 Å². The Morgan fingerprint density at radius 2 is 2.00 bits per heavy atom. The lowest BCUT2D eigenvalue weighted by Gasteiger charge is -2.25. The summed E-state index contributed by atoms with van der Waals surface area (Å²) in [4.78, 5) is 0. The molecule has 3 unspecified atom stereocenters. The maximum absolute atomic E-state index is 12.1. The first kappa shape index (κ1) is 16.1. The second-order valence-corrected chi connectivity index (χ2v) is 5.32. The zero-order valence-electron chi connectivity index (χ0n) is 12.1. The van der Waals surface area contributed by atoms with Crippen molar-refractivity contribution in [2.75, 3.05) is 13.7 Å². The highest BCUT2D eigenvalue weighted by atomic mass is 19.4. The minimum absolute atomic E-state index is 0.190. The second kappa shape index (κ2) is 6.66. The van der Waals surface area contributed by atoms with Gasteiger partial charge in [-0.25, -0.2) is 0 Å². The van der Waals surface area contributed by atoms with E-state index in [1.807, 2.05) is 7.05 Å². The Morgan fingerprint density at radius 3 is 2.48 bits per heavy atom. The molecule has 21 heavy (non-hydrogen) atoms. The molecule has 3 atom stereocenters. The molecule has 1 heterocycles. The number of hydrogen-bond donors (Lipinski definition) is 1. The molecule has 1 saturated heterocycles. The van der Waals surface area contributed by atoms with E-state index in [2.05, 4.69) is 17.0 Å². The first-order valence-electron chi connectivity index (χ1n) is 7.02. The molecule has 1 N–H and O–H groups in total. The lowest BCUT2D eigenvalue weighted by molar-refractivity contribution is -0.274. The molecule has 0 amide bonds. The summed E-state index contributed by atoms with van der Waals surface area (Å²) >= 11 is 0. The summed E-state index contributed by atoms with van der Waals surface area (Å²) in [5.74, 6) is 0.228. The topological polar surface area (TPSA) is 30.5 Å². The standard InChI is InChI=1S/C15H20F3NO2/c1-10-13(7-8-20-10)14(19-2)9-11-3-5-12(6-4-11)21-15(16,17)18/h3-6,10,13-14,19H,7-9H2,1-2H3. The van der Waals surface area contributed by atoms with Crippen LogP contribution >= 0.6 is 0 Å². The van der Waals surface area contributed by atoms with Gasteiger partial charge in [0.2, 0.25) is 0 Å². The summed E-state index contributed by atoms with van der Waals surface area (Å²) in [6.45, 7) is 2.82. The third kappa shape index (κ3) is 4.61. The first-order valence-corrected chi connectivity index (χ1v) is 7.02. The molecule has 1 aromatic carbocycles. The normalized spacial score (nSPS) is 24.0. The number of ether oxygens (including phenoxy) is 2. The molecular formula is C15H20F3NO2. The van der Waals surface area contributed by atoms with Crippen LogP contribution in [0.25, 0.3) is 0 Å². The molecule has 6 heteroatoms. The molecule has 1 fully saturated rings. The molecule has 0 aliphatic carbocycles. The van der Waals surface area contributed by atoms with Crippen molar-refractivity contribution in [1.82, 2.24) is 5.32 Å². The fourth-order valence-corrected chi connectivity index (χ4v) is 2.83. The van der Waals surface area contributed by atoms with Gasteiger partial charge in [0.25, 0.3) is 0 Å². The number of likely N-dealkylation sites (N-methyl/N-ethyl adjacent to an activating group) is 1. The van der Waals surface area contributed by atoms with Gasteiger partial charge in [-0.3, -0.25) is 0 Å². The van der Waals surface area contributed by atoms with Crippen molar-refractivity contribution in [1.29, 1.82) is 0 Å². The summed E-state index contributed by atoms with van der Waals surface area (Å²) in [5.41, 5.74) is 0.975. The Morgan fingerprint density at radius 1 is 1.33 bits per heavy atom. The molecular weight excluding hydrogens is 283 g/mol. The van der Waals surface area contributed by atoms with E-state index in [1.54, 1.807) is 12.1 Å². The van der Waals surface area contributed by atoms with E-state index in [-0.39, 0.29) is 17.9 Å². The van der Waals surface area contributed by atoms with Crippen LogP contribution in [-0.2, 0) is 11.2 Å². The van der Waals surface area contributed by atoms with Crippen LogP contribution in [0.5, 0.6) is 5.75 Å². The highest BCUT2D eigenvalue weighted by molar-refractivity contribution is 5.28. The molecule has 0 spiro atoms. The summed E-state index contributed by atoms with van der Waals surface area (Å²) in [6.07, 6.45) is -2.69. The van der Waals surface area contributed by atoms with Crippen molar-refractivity contribution in [2.24, 2.45) is 5.92 Å². The van der Waals surface area contributed by atoms with Gasteiger partial charge in [0.05, 0.1) is 6.10 Å². The van der Waals surface area contributed by atoms with Gasteiger partial charge in [-0.2, -0.15) is 0 Å². The number of rotatable bonds is 5. The zero-order chi connectivity index (χ0) is 15.5. The smallest absolute Gasteiger partial charge is 0.406 e. The van der Waals surface area contributed by atoms with E-state index in [4.69, 9.17) is 4.74 Å². The third-order valence-electron chi connectivity index (χ3n) is 3.94. The predicted octanol–water partition coefficient (Wildman–Crippen LogP) is 3.14. The number of alkyl halides is 3. The Hall–Kier alpha value is -1.27. The average molecular weight is 303 g/mol. The molecule has 0 saturated carbocycles. The molecule has 0 radical (unpaired) electrons. The third-order valence-corrected chi connectivity index (χ3v) is 3.94. The lowest BCUT2D eigenvalue weighted by Crippen LogP contribution is -2.38. The molecule has 1 aromatic rings. The Labute approximate surface area is 122 Å². The second-order valence-electron chi connectivity index (χ2n) is 5.32. The van der Waals surface area contributed by atoms with Gasteiger partial charge in [0.1, 0.15) is 5.75 Å². The van der Waals surface area contributed by atoms with Crippen LogP contribution in [0.15, 0.2) is 24.3 Å². The van der Waals surface area contributed by atoms with Gasteiger partial charge >= 0.3 is 6.36 Å². The summed E-state index contributed by atoms with van der Waals surface area (Å²) < 4.78 is 45.8. The van der Waals surface area contributed by atoms with Crippen LogP contribution in [0.1, 0.15) is 18.9 Å². The molecule has 1 aliphatic heterocycles. The van der Waals surface area contributed by atoms with Crippen molar-refractivity contribution in [3.63, 3.8) is 0 Å². The van der Waals surface area contributed by atoms with Crippen molar-refractivity contribution in [3.8, 4) is 5.75 Å². The maximum atomic E-state index is 12.1. The minimum Gasteiger partial charge on any atom is -0.406 e. The van der Waals surface area contributed by atoms with Crippen molar-refractivity contribution < 1.29 is 22.6 Å². The van der Waals surface area contributed by atoms with Crippen LogP contribution in [0.3, 0.4) is 0 Å². The van der Waals surface area contributed by atoms with Gasteiger partial charge in [-0.1, -0.05) is 12.1 Å². The zero-order valence-corrected chi connectivity index (χ0v) is 12.1. The number of halogens is 3. The molecule has 0 bridgehead atoms. The van der Waals surface area contributed by atoms with Crippen LogP contribution in [0, 0.1) is 5.92 Å². The van der Waals surface area contributed by atoms with Crippen LogP contribution in [0.2, 0.25) is 0 Å². The van der Waals surface area contributed by atoms with E-state index < -0.39 is 6.36 Å². The van der Waals surface area contributed by atoms with E-state index in [0.717, 1.165) is 25.0 Å². The number of nitrogens with one attached hydrogen (secondary N) is 1. The minimum atomic E-state index is -4.65. The van der Waals surface area contributed by atoms with E-state index in [1.165, 1.54) is 12.1 Å². The predicted molar refractivity (Wildman–Crippen MR) is 73.2 cm³/mol. The molecule has 1 aliphatic rings. The highest BCUT2D eigenvalue weighted by Crippen LogP contribution is 2.27. The molecule has 0 aromatic heterocycles. The van der Waals surface area contributed by atoms with Crippen LogP contribution in [0.4, 0.5) is 13.2 Å². The summed E-state index contributed by atoms with van der Waals surface area (Å²) in [6, 6.07) is 6.29. The van der Waals surface area contributed by atoms with Crippen LogP contribution < -0.4 is 10.1 Å². The average Bonchev–Trinajstić information content (AvgIpc) is 2.82. The molecule has 118 valence electrons. The highest BCUT2D eigenvalue weighted by Gasteiger charge is 2.32. The Kier molecular flexibility index (Phi) is 5.11. The summed E-state index contributed by atoms with van der Waals surface area (Å²) in [5, 5.41) is 3.28. The molecule has 2 rings (SSSR count). The van der Waals surface area contributed by atoms with Gasteiger partial charge < -0.3 is 14.8 Å². The SMILES string of the molecule is CNC(Cc1ccc(OC(F)(F)F)cc1)C1CCOC1C. The number of benzene rings is 1. The van der Waals surface area contributed by atoms with Gasteiger partial charge in [-0.15, -0.1) is 13.2 Å². The lowest BCUT2D eigenvalue weighted by atomic mass is 9.89. The first-order chi connectivity index (χ1) is 9.89. The maximum Gasteiger partial charge on any atom is 0.573 e. The quantitative estimate of drug-likeness (QED) is 0.906. The Balaban J connectivity index is 1.98. The van der Waals surface area contributed by atoms with E-state index in [9.17, 15) is 13.2 Å². The van der Waals surface area contributed by atoms with Gasteiger partial charge in [0, 0.05) is 18.6 Å². The van der Waals surface area contributed by atoms with Crippen molar-refractivity contribution in [3.05, 3.63) is 29.8 Å². The van der Waals surface area contributed by atoms with Gasteiger partial charge in [0.15, 0.2) is 0 Å². The Bertz CT molecular complexity index is 447. The van der Waals surface area contributed by atoms with E-state index in [0.29, 0.717) is 5.92 Å². The fourth-order valence-electron chi connectivity index (χ4n) is 2.83. The number of hydrogen-bond acceptors (Lipinski definition) is 3.